The highest BCUT2D eigenvalue weighted by molar-refractivity contribution is 7.98. The molecule has 0 radical (unpaired) electrons. The highest BCUT2D eigenvalue weighted by atomic mass is 32.2. The van der Waals surface area contributed by atoms with Gasteiger partial charge in [-0.15, -0.1) is 11.8 Å². The van der Waals surface area contributed by atoms with Crippen LogP contribution in [0.25, 0.3) is 11.3 Å². The quantitative estimate of drug-likeness (QED) is 0.337. The maximum absolute atomic E-state index is 13.0. The summed E-state index contributed by atoms with van der Waals surface area (Å²) >= 11 is 1.65. The predicted octanol–water partition coefficient (Wildman–Crippen LogP) is 5.90. The lowest BCUT2D eigenvalue weighted by atomic mass is 10.1. The largest absolute Gasteiger partial charge is 0.497 e. The van der Waals surface area contributed by atoms with E-state index < -0.39 is 0 Å². The molecular formula is C24H23N3O4S. The lowest BCUT2D eigenvalue weighted by Crippen LogP contribution is -2.34. The summed E-state index contributed by atoms with van der Waals surface area (Å²) in [6, 6.07) is 20.4. The first-order valence-corrected chi connectivity index (χ1v) is 11.2. The number of carbonyl (C=O) groups is 1. The molecule has 0 aliphatic heterocycles. The molecule has 0 unspecified atom stereocenters. The van der Waals surface area contributed by atoms with Gasteiger partial charge in [0.05, 0.1) is 26.5 Å². The van der Waals surface area contributed by atoms with Crippen molar-refractivity contribution in [1.29, 1.82) is 0 Å². The minimum absolute atomic E-state index is 0.257. The number of amides is 2. The minimum Gasteiger partial charge on any atom is -0.497 e. The maximum Gasteiger partial charge on any atom is 0.322 e. The number of benzene rings is 2. The molecule has 0 aliphatic rings. The van der Waals surface area contributed by atoms with Gasteiger partial charge in [0, 0.05) is 22.2 Å². The molecule has 1 N–H and O–H groups in total. The first-order valence-electron chi connectivity index (χ1n) is 9.97. The molecule has 0 fully saturated rings. The summed E-state index contributed by atoms with van der Waals surface area (Å²) in [5.41, 5.74) is 2.23. The molecule has 2 amide bonds. The molecule has 0 spiro atoms. The third-order valence-corrected chi connectivity index (χ3v) is 5.59. The van der Waals surface area contributed by atoms with Crippen molar-refractivity contribution in [3.63, 3.8) is 0 Å². The zero-order valence-electron chi connectivity index (χ0n) is 17.8. The zero-order valence-corrected chi connectivity index (χ0v) is 18.6. The molecule has 2 aromatic heterocycles. The number of urea groups is 1. The van der Waals surface area contributed by atoms with E-state index >= 15 is 0 Å². The molecule has 0 bridgehead atoms. The van der Waals surface area contributed by atoms with E-state index in [-0.39, 0.29) is 12.6 Å². The molecular weight excluding hydrogens is 426 g/mol. The molecule has 164 valence electrons. The van der Waals surface area contributed by atoms with Crippen LogP contribution in [0.1, 0.15) is 11.5 Å². The lowest BCUT2D eigenvalue weighted by molar-refractivity contribution is 0.199. The van der Waals surface area contributed by atoms with E-state index in [1.165, 1.54) is 0 Å². The van der Waals surface area contributed by atoms with Gasteiger partial charge in [-0.3, -0.25) is 0 Å². The average molecular weight is 450 g/mol. The summed E-state index contributed by atoms with van der Waals surface area (Å²) in [7, 11) is 1.62. The van der Waals surface area contributed by atoms with Crippen LogP contribution in [-0.2, 0) is 13.1 Å². The Bertz CT molecular complexity index is 1140. The molecule has 7 nitrogen and oxygen atoms in total. The van der Waals surface area contributed by atoms with Crippen LogP contribution in [0.2, 0.25) is 0 Å². The van der Waals surface area contributed by atoms with Gasteiger partial charge in [-0.1, -0.05) is 5.16 Å². The molecule has 0 atom stereocenters. The van der Waals surface area contributed by atoms with Crippen LogP contribution in [-0.4, -0.2) is 29.5 Å². The lowest BCUT2D eigenvalue weighted by Gasteiger charge is -2.21. The van der Waals surface area contributed by atoms with Crippen LogP contribution in [0.4, 0.5) is 10.5 Å². The fourth-order valence-electron chi connectivity index (χ4n) is 3.14. The van der Waals surface area contributed by atoms with E-state index in [9.17, 15) is 4.79 Å². The molecule has 2 aromatic carbocycles. The molecule has 0 saturated carbocycles. The zero-order chi connectivity index (χ0) is 22.3. The smallest absolute Gasteiger partial charge is 0.322 e. The van der Waals surface area contributed by atoms with Crippen LogP contribution < -0.4 is 10.1 Å². The Hall–Kier alpha value is -3.65. The second-order valence-corrected chi connectivity index (χ2v) is 7.88. The average Bonchev–Trinajstić information content (AvgIpc) is 3.51. The van der Waals surface area contributed by atoms with Crippen molar-refractivity contribution < 1.29 is 18.5 Å². The first-order chi connectivity index (χ1) is 15.6. The Morgan fingerprint density at radius 3 is 2.53 bits per heavy atom. The number of carbonyl (C=O) groups excluding carboxylic acids is 1. The Kier molecular flexibility index (Phi) is 6.81. The third-order valence-electron chi connectivity index (χ3n) is 4.84. The maximum atomic E-state index is 13.0. The number of nitrogens with zero attached hydrogens (tertiary/aromatic N) is 2. The number of aromatic nitrogens is 1. The highest BCUT2D eigenvalue weighted by Crippen LogP contribution is 2.24. The Labute approximate surface area is 190 Å². The van der Waals surface area contributed by atoms with E-state index in [2.05, 4.69) is 10.5 Å². The van der Waals surface area contributed by atoms with Gasteiger partial charge in [0.1, 0.15) is 17.2 Å². The number of ether oxygens (including phenoxy) is 1. The van der Waals surface area contributed by atoms with E-state index in [1.54, 1.807) is 36.1 Å². The number of nitrogens with one attached hydrogen (secondary N) is 1. The van der Waals surface area contributed by atoms with Crippen molar-refractivity contribution in [3.8, 4) is 17.1 Å². The molecule has 2 heterocycles. The van der Waals surface area contributed by atoms with Gasteiger partial charge in [0.15, 0.2) is 5.76 Å². The van der Waals surface area contributed by atoms with Crippen molar-refractivity contribution in [1.82, 2.24) is 10.1 Å². The SMILES string of the molecule is COc1ccc(-c2cc(CN(Cc3ccco3)C(=O)Nc3ccc(SC)cc3)no2)cc1. The van der Waals surface area contributed by atoms with Crippen LogP contribution in [0.3, 0.4) is 0 Å². The molecule has 4 rings (SSSR count). The van der Waals surface area contributed by atoms with Gasteiger partial charge in [-0.05, 0) is 66.9 Å². The summed E-state index contributed by atoms with van der Waals surface area (Å²) in [6.45, 7) is 0.557. The van der Waals surface area contributed by atoms with Crippen LogP contribution in [0.5, 0.6) is 5.75 Å². The fourth-order valence-corrected chi connectivity index (χ4v) is 3.55. The predicted molar refractivity (Wildman–Crippen MR) is 124 cm³/mol. The number of anilines is 1. The Morgan fingerprint density at radius 1 is 1.09 bits per heavy atom. The van der Waals surface area contributed by atoms with Gasteiger partial charge in [-0.25, -0.2) is 4.79 Å². The van der Waals surface area contributed by atoms with Crippen molar-refractivity contribution >= 4 is 23.5 Å². The standard InChI is InChI=1S/C24H23N3O4S/c1-29-20-9-5-17(6-10-20)23-14-19(26-31-23)15-27(16-21-4-3-13-30-21)24(28)25-18-7-11-22(32-2)12-8-18/h3-14H,15-16H2,1-2H3,(H,25,28). The summed E-state index contributed by atoms with van der Waals surface area (Å²) in [5.74, 6) is 2.06. The van der Waals surface area contributed by atoms with Crippen LogP contribution >= 0.6 is 11.8 Å². The molecule has 8 heteroatoms. The minimum atomic E-state index is -0.257. The second kappa shape index (κ2) is 10.1. The molecule has 32 heavy (non-hydrogen) atoms. The van der Waals surface area contributed by atoms with Crippen molar-refractivity contribution in [3.05, 3.63) is 84.4 Å². The topological polar surface area (TPSA) is 80.7 Å². The molecule has 4 aromatic rings. The van der Waals surface area contributed by atoms with Gasteiger partial charge < -0.3 is 23.9 Å². The van der Waals surface area contributed by atoms with Crippen LogP contribution in [0.15, 0.2) is 86.8 Å². The van der Waals surface area contributed by atoms with E-state index in [1.807, 2.05) is 66.9 Å². The van der Waals surface area contributed by atoms with E-state index in [0.717, 1.165) is 21.9 Å². The monoisotopic (exact) mass is 449 g/mol. The number of rotatable bonds is 8. The van der Waals surface area contributed by atoms with Gasteiger partial charge in [-0.2, -0.15) is 0 Å². The second-order valence-electron chi connectivity index (χ2n) is 7.01. The summed E-state index contributed by atoms with van der Waals surface area (Å²) in [6.07, 6.45) is 3.60. The molecule has 0 aliphatic carbocycles. The van der Waals surface area contributed by atoms with E-state index in [0.29, 0.717) is 23.8 Å². The van der Waals surface area contributed by atoms with Crippen molar-refractivity contribution in [2.24, 2.45) is 0 Å². The van der Waals surface area contributed by atoms with Crippen LogP contribution in [0, 0.1) is 0 Å². The van der Waals surface area contributed by atoms with Gasteiger partial charge in [0.25, 0.3) is 0 Å². The van der Waals surface area contributed by atoms with Gasteiger partial charge >= 0.3 is 6.03 Å². The number of hydrogen-bond acceptors (Lipinski definition) is 6. The molecule has 0 saturated heterocycles. The Morgan fingerprint density at radius 2 is 1.88 bits per heavy atom. The van der Waals surface area contributed by atoms with Crippen molar-refractivity contribution in [2.75, 3.05) is 18.7 Å². The highest BCUT2D eigenvalue weighted by Gasteiger charge is 2.19. The number of hydrogen-bond donors (Lipinski definition) is 1. The first kappa shape index (κ1) is 21.6. The number of thioether (sulfide) groups is 1. The van der Waals surface area contributed by atoms with Gasteiger partial charge in [0.2, 0.25) is 0 Å². The Balaban J connectivity index is 1.50. The van der Waals surface area contributed by atoms with Crippen molar-refractivity contribution in [2.45, 2.75) is 18.0 Å². The third kappa shape index (κ3) is 5.33. The van der Waals surface area contributed by atoms with E-state index in [4.69, 9.17) is 13.7 Å². The summed E-state index contributed by atoms with van der Waals surface area (Å²) < 4.78 is 16.2. The number of furan rings is 1. The summed E-state index contributed by atoms with van der Waals surface area (Å²) in [4.78, 5) is 15.8. The normalized spacial score (nSPS) is 10.7. The number of methoxy groups -OCH3 is 1. The summed E-state index contributed by atoms with van der Waals surface area (Å²) in [5, 5.41) is 7.10. The fraction of sp³-hybridized carbons (Fsp3) is 0.167.